The quantitative estimate of drug-likeness (QED) is 0.844. The van der Waals surface area contributed by atoms with Crippen LogP contribution in [-0.4, -0.2) is 19.0 Å². The lowest BCUT2D eigenvalue weighted by molar-refractivity contribution is -0.137. The molecule has 0 radical (unpaired) electrons. The molecule has 18 heavy (non-hydrogen) atoms. The molecule has 1 saturated heterocycles. The first-order valence-corrected chi connectivity index (χ1v) is 5.57. The molecule has 2 rings (SSSR count). The number of alkyl halides is 3. The molecule has 1 heterocycles. The van der Waals surface area contributed by atoms with Crippen LogP contribution in [-0.2, 0) is 11.0 Å². The van der Waals surface area contributed by atoms with Gasteiger partial charge in [0, 0.05) is 19.0 Å². The third kappa shape index (κ3) is 2.48. The molecule has 2 atom stereocenters. The van der Waals surface area contributed by atoms with E-state index in [1.165, 1.54) is 6.07 Å². The molecule has 2 unspecified atom stereocenters. The van der Waals surface area contributed by atoms with E-state index in [-0.39, 0.29) is 5.92 Å². The molecular formula is C12H13F3N2O. The second-order valence-electron chi connectivity index (χ2n) is 4.40. The molecule has 1 aliphatic heterocycles. The van der Waals surface area contributed by atoms with Crippen LogP contribution in [0, 0.1) is 5.92 Å². The topological polar surface area (TPSA) is 55.1 Å². The number of amides is 1. The summed E-state index contributed by atoms with van der Waals surface area (Å²) in [4.78, 5) is 11.2. The van der Waals surface area contributed by atoms with E-state index in [4.69, 9.17) is 5.73 Å². The van der Waals surface area contributed by atoms with E-state index in [1.807, 2.05) is 0 Å². The summed E-state index contributed by atoms with van der Waals surface area (Å²) in [5, 5.41) is 2.98. The Morgan fingerprint density at radius 3 is 2.67 bits per heavy atom. The van der Waals surface area contributed by atoms with Crippen molar-refractivity contribution in [2.45, 2.75) is 12.1 Å². The van der Waals surface area contributed by atoms with E-state index < -0.39 is 23.6 Å². The number of nitrogens with two attached hydrogens (primary N) is 1. The molecule has 1 aromatic carbocycles. The van der Waals surface area contributed by atoms with Gasteiger partial charge in [0.2, 0.25) is 5.91 Å². The maximum Gasteiger partial charge on any atom is 0.416 e. The molecule has 0 saturated carbocycles. The number of hydrogen-bond acceptors (Lipinski definition) is 2. The molecule has 1 aromatic rings. The molecular weight excluding hydrogens is 245 g/mol. The Hall–Kier alpha value is -1.56. The predicted octanol–water partition coefficient (Wildman–Crippen LogP) is 1.49. The summed E-state index contributed by atoms with van der Waals surface area (Å²) in [7, 11) is 0. The minimum atomic E-state index is -4.37. The summed E-state index contributed by atoms with van der Waals surface area (Å²) >= 11 is 0. The molecule has 1 fully saturated rings. The van der Waals surface area contributed by atoms with Crippen LogP contribution in [0.2, 0.25) is 0 Å². The Kier molecular flexibility index (Phi) is 3.30. The Morgan fingerprint density at radius 1 is 1.33 bits per heavy atom. The van der Waals surface area contributed by atoms with Crippen molar-refractivity contribution < 1.29 is 18.0 Å². The van der Waals surface area contributed by atoms with Crippen molar-refractivity contribution in [2.24, 2.45) is 11.7 Å². The lowest BCUT2D eigenvalue weighted by atomic mass is 9.87. The highest BCUT2D eigenvalue weighted by Gasteiger charge is 2.35. The Morgan fingerprint density at radius 2 is 2.06 bits per heavy atom. The van der Waals surface area contributed by atoms with Crippen LogP contribution in [0.3, 0.4) is 0 Å². The van der Waals surface area contributed by atoms with Gasteiger partial charge in [-0.25, -0.2) is 0 Å². The molecule has 0 bridgehead atoms. The molecule has 6 heteroatoms. The number of hydrogen-bond donors (Lipinski definition) is 2. The zero-order valence-electron chi connectivity index (χ0n) is 9.50. The lowest BCUT2D eigenvalue weighted by Crippen LogP contribution is -2.28. The third-order valence-corrected chi connectivity index (χ3v) is 3.22. The number of carbonyl (C=O) groups is 1. The standard InChI is InChI=1S/C12H13F3N2O/c13-12(14,15)8-3-1-2-7(4-8)9-5-17-6-10(9)11(16)18/h1-4,9-10,17H,5-6H2,(H2,16,18). The average molecular weight is 258 g/mol. The van der Waals surface area contributed by atoms with Crippen LogP contribution in [0.4, 0.5) is 13.2 Å². The second-order valence-corrected chi connectivity index (χ2v) is 4.40. The third-order valence-electron chi connectivity index (χ3n) is 3.22. The SMILES string of the molecule is NC(=O)C1CNCC1c1cccc(C(F)(F)F)c1. The first-order chi connectivity index (χ1) is 8.39. The lowest BCUT2D eigenvalue weighted by Gasteiger charge is -2.17. The minimum Gasteiger partial charge on any atom is -0.369 e. The molecule has 3 nitrogen and oxygen atoms in total. The molecule has 1 amide bonds. The molecule has 98 valence electrons. The van der Waals surface area contributed by atoms with Gasteiger partial charge in [0.05, 0.1) is 11.5 Å². The van der Waals surface area contributed by atoms with Gasteiger partial charge < -0.3 is 11.1 Å². The Balaban J connectivity index is 2.31. The average Bonchev–Trinajstić information content (AvgIpc) is 2.77. The van der Waals surface area contributed by atoms with E-state index >= 15 is 0 Å². The van der Waals surface area contributed by atoms with Gasteiger partial charge in [-0.2, -0.15) is 13.2 Å². The highest BCUT2D eigenvalue weighted by molar-refractivity contribution is 5.78. The summed E-state index contributed by atoms with van der Waals surface area (Å²) in [5.41, 5.74) is 5.05. The fourth-order valence-electron chi connectivity index (χ4n) is 2.27. The predicted molar refractivity (Wildman–Crippen MR) is 59.7 cm³/mol. The van der Waals surface area contributed by atoms with Crippen molar-refractivity contribution in [3.63, 3.8) is 0 Å². The van der Waals surface area contributed by atoms with Crippen LogP contribution in [0.25, 0.3) is 0 Å². The monoisotopic (exact) mass is 258 g/mol. The Bertz CT molecular complexity index is 459. The van der Waals surface area contributed by atoms with Gasteiger partial charge in [-0.1, -0.05) is 18.2 Å². The number of primary amides is 1. The molecule has 0 aromatic heterocycles. The first kappa shape index (κ1) is 12.9. The molecule has 1 aliphatic rings. The van der Waals surface area contributed by atoms with Crippen LogP contribution in [0.1, 0.15) is 17.0 Å². The van der Waals surface area contributed by atoms with E-state index in [2.05, 4.69) is 5.32 Å². The zero-order chi connectivity index (χ0) is 13.3. The fraction of sp³-hybridized carbons (Fsp3) is 0.417. The van der Waals surface area contributed by atoms with Crippen LogP contribution in [0.15, 0.2) is 24.3 Å². The van der Waals surface area contributed by atoms with Crippen molar-refractivity contribution in [1.29, 1.82) is 0 Å². The number of rotatable bonds is 2. The van der Waals surface area contributed by atoms with E-state index in [1.54, 1.807) is 6.07 Å². The van der Waals surface area contributed by atoms with E-state index in [0.29, 0.717) is 18.7 Å². The number of nitrogens with one attached hydrogen (secondary N) is 1. The summed E-state index contributed by atoms with van der Waals surface area (Å²) < 4.78 is 37.8. The summed E-state index contributed by atoms with van der Waals surface area (Å²) in [6, 6.07) is 5.07. The summed E-state index contributed by atoms with van der Waals surface area (Å²) in [5.74, 6) is -1.22. The van der Waals surface area contributed by atoms with Crippen molar-refractivity contribution in [2.75, 3.05) is 13.1 Å². The largest absolute Gasteiger partial charge is 0.416 e. The van der Waals surface area contributed by atoms with Crippen molar-refractivity contribution in [3.8, 4) is 0 Å². The van der Waals surface area contributed by atoms with Crippen molar-refractivity contribution in [1.82, 2.24) is 5.32 Å². The van der Waals surface area contributed by atoms with Crippen LogP contribution >= 0.6 is 0 Å². The van der Waals surface area contributed by atoms with Gasteiger partial charge in [0.25, 0.3) is 0 Å². The van der Waals surface area contributed by atoms with Gasteiger partial charge >= 0.3 is 6.18 Å². The van der Waals surface area contributed by atoms with Gasteiger partial charge in [-0.3, -0.25) is 4.79 Å². The molecule has 0 aliphatic carbocycles. The van der Waals surface area contributed by atoms with E-state index in [9.17, 15) is 18.0 Å². The van der Waals surface area contributed by atoms with Crippen molar-refractivity contribution in [3.05, 3.63) is 35.4 Å². The van der Waals surface area contributed by atoms with Gasteiger partial charge in [-0.05, 0) is 11.6 Å². The second kappa shape index (κ2) is 4.61. The van der Waals surface area contributed by atoms with Crippen molar-refractivity contribution >= 4 is 5.91 Å². The first-order valence-electron chi connectivity index (χ1n) is 5.57. The van der Waals surface area contributed by atoms with Gasteiger partial charge in [0.1, 0.15) is 0 Å². The summed E-state index contributed by atoms with van der Waals surface area (Å²) in [6.45, 7) is 0.880. The number of halogens is 3. The molecule has 3 N–H and O–H groups in total. The van der Waals surface area contributed by atoms with Crippen LogP contribution < -0.4 is 11.1 Å². The maximum absolute atomic E-state index is 12.6. The van der Waals surface area contributed by atoms with Crippen LogP contribution in [0.5, 0.6) is 0 Å². The molecule has 0 spiro atoms. The smallest absolute Gasteiger partial charge is 0.369 e. The number of benzene rings is 1. The van der Waals surface area contributed by atoms with Gasteiger partial charge in [0.15, 0.2) is 0 Å². The normalized spacial score (nSPS) is 24.2. The maximum atomic E-state index is 12.6. The highest BCUT2D eigenvalue weighted by atomic mass is 19.4. The minimum absolute atomic E-state index is 0.287. The highest BCUT2D eigenvalue weighted by Crippen LogP contribution is 2.34. The van der Waals surface area contributed by atoms with E-state index in [0.717, 1.165) is 12.1 Å². The zero-order valence-corrected chi connectivity index (χ0v) is 9.50. The summed E-state index contributed by atoms with van der Waals surface area (Å²) in [6.07, 6.45) is -4.37. The Labute approximate surface area is 102 Å². The fourth-order valence-corrected chi connectivity index (χ4v) is 2.27. The van der Waals surface area contributed by atoms with Gasteiger partial charge in [-0.15, -0.1) is 0 Å². The number of carbonyl (C=O) groups excluding carboxylic acids is 1.